The van der Waals surface area contributed by atoms with E-state index in [9.17, 15) is 0 Å². The molecular weight excluding hydrogens is 238 g/mol. The van der Waals surface area contributed by atoms with E-state index < -0.39 is 0 Å². The van der Waals surface area contributed by atoms with Crippen molar-refractivity contribution in [1.82, 2.24) is 10.2 Å². The van der Waals surface area contributed by atoms with Crippen molar-refractivity contribution in [1.29, 1.82) is 0 Å². The third kappa shape index (κ3) is 2.52. The summed E-state index contributed by atoms with van der Waals surface area (Å²) in [7, 11) is 1.68. The molecule has 0 amide bonds. The largest absolute Gasteiger partial charge is 0.497 e. The van der Waals surface area contributed by atoms with E-state index >= 15 is 0 Å². The minimum Gasteiger partial charge on any atom is -0.497 e. The molecule has 0 unspecified atom stereocenters. The van der Waals surface area contributed by atoms with E-state index in [0.29, 0.717) is 0 Å². The summed E-state index contributed by atoms with van der Waals surface area (Å²) in [4.78, 5) is 0. The van der Waals surface area contributed by atoms with Gasteiger partial charge in [-0.05, 0) is 35.9 Å². The van der Waals surface area contributed by atoms with Gasteiger partial charge in [-0.15, -0.1) is 0 Å². The number of nitrogens with one attached hydrogen (secondary N) is 2. The van der Waals surface area contributed by atoms with Crippen LogP contribution in [0.3, 0.4) is 0 Å². The summed E-state index contributed by atoms with van der Waals surface area (Å²) in [5.41, 5.74) is 3.29. The van der Waals surface area contributed by atoms with Gasteiger partial charge in [0, 0.05) is 17.6 Å². The molecule has 1 aromatic heterocycles. The van der Waals surface area contributed by atoms with Crippen molar-refractivity contribution in [2.75, 3.05) is 12.4 Å². The fourth-order valence-electron chi connectivity index (χ4n) is 2.03. The van der Waals surface area contributed by atoms with E-state index in [-0.39, 0.29) is 0 Å². The Balaban J connectivity index is 1.74. The molecular formula is C15H15N3O. The first-order valence-corrected chi connectivity index (χ1v) is 6.15. The molecule has 0 spiro atoms. The molecule has 0 bridgehead atoms. The molecule has 1 heterocycles. The highest BCUT2D eigenvalue weighted by atomic mass is 16.5. The van der Waals surface area contributed by atoms with Crippen molar-refractivity contribution in [3.05, 3.63) is 54.2 Å². The SMILES string of the molecule is COc1cccc(CNc2ccc3cn[nH]c3c2)c1. The van der Waals surface area contributed by atoms with E-state index in [0.717, 1.165) is 28.9 Å². The van der Waals surface area contributed by atoms with Crippen LogP contribution in [0.25, 0.3) is 10.9 Å². The van der Waals surface area contributed by atoms with Gasteiger partial charge in [-0.25, -0.2) is 0 Å². The van der Waals surface area contributed by atoms with Crippen molar-refractivity contribution in [3.8, 4) is 5.75 Å². The van der Waals surface area contributed by atoms with Crippen molar-refractivity contribution in [2.24, 2.45) is 0 Å². The quantitative estimate of drug-likeness (QED) is 0.750. The summed E-state index contributed by atoms with van der Waals surface area (Å²) in [6.45, 7) is 0.761. The smallest absolute Gasteiger partial charge is 0.119 e. The van der Waals surface area contributed by atoms with Gasteiger partial charge in [0.25, 0.3) is 0 Å². The second kappa shape index (κ2) is 5.02. The summed E-state index contributed by atoms with van der Waals surface area (Å²) in [5, 5.41) is 11.5. The molecule has 3 aromatic rings. The molecule has 96 valence electrons. The standard InChI is InChI=1S/C15H15N3O/c1-19-14-4-2-3-11(7-14)9-16-13-6-5-12-10-17-18-15(12)8-13/h2-8,10,16H,9H2,1H3,(H,17,18). The number of methoxy groups -OCH3 is 1. The number of aromatic amines is 1. The van der Waals surface area contributed by atoms with Crippen LogP contribution in [0.2, 0.25) is 0 Å². The predicted octanol–water partition coefficient (Wildman–Crippen LogP) is 3.18. The second-order valence-corrected chi connectivity index (χ2v) is 4.38. The van der Waals surface area contributed by atoms with Crippen LogP contribution in [-0.4, -0.2) is 17.3 Å². The average Bonchev–Trinajstić information content (AvgIpc) is 2.93. The van der Waals surface area contributed by atoms with Crippen LogP contribution in [0.1, 0.15) is 5.56 Å². The Kier molecular flexibility index (Phi) is 3.06. The molecule has 0 aliphatic carbocycles. The Morgan fingerprint density at radius 3 is 3.05 bits per heavy atom. The first-order valence-electron chi connectivity index (χ1n) is 6.15. The van der Waals surface area contributed by atoms with Gasteiger partial charge in [-0.2, -0.15) is 5.10 Å². The summed E-state index contributed by atoms with van der Waals surface area (Å²) < 4.78 is 5.21. The number of hydrogen-bond acceptors (Lipinski definition) is 3. The Bertz CT molecular complexity index is 690. The van der Waals surface area contributed by atoms with Crippen LogP contribution in [0.15, 0.2) is 48.7 Å². The van der Waals surface area contributed by atoms with Gasteiger partial charge in [0.15, 0.2) is 0 Å². The number of benzene rings is 2. The van der Waals surface area contributed by atoms with Crippen LogP contribution in [-0.2, 0) is 6.54 Å². The van der Waals surface area contributed by atoms with Crippen LogP contribution < -0.4 is 10.1 Å². The molecule has 4 nitrogen and oxygen atoms in total. The minimum absolute atomic E-state index is 0.761. The van der Waals surface area contributed by atoms with E-state index in [1.54, 1.807) is 7.11 Å². The number of nitrogens with zero attached hydrogens (tertiary/aromatic N) is 1. The van der Waals surface area contributed by atoms with E-state index in [2.05, 4.69) is 33.7 Å². The number of hydrogen-bond donors (Lipinski definition) is 2. The molecule has 0 radical (unpaired) electrons. The molecule has 0 aliphatic heterocycles. The number of rotatable bonds is 4. The predicted molar refractivity (Wildman–Crippen MR) is 76.4 cm³/mol. The number of fused-ring (bicyclic) bond motifs is 1. The van der Waals surface area contributed by atoms with Crippen molar-refractivity contribution >= 4 is 16.6 Å². The highest BCUT2D eigenvalue weighted by Gasteiger charge is 1.99. The maximum Gasteiger partial charge on any atom is 0.119 e. The molecule has 4 heteroatoms. The van der Waals surface area contributed by atoms with Crippen molar-refractivity contribution in [3.63, 3.8) is 0 Å². The molecule has 2 N–H and O–H groups in total. The Labute approximate surface area is 111 Å². The van der Waals surface area contributed by atoms with E-state index in [1.807, 2.05) is 30.5 Å². The lowest BCUT2D eigenvalue weighted by Gasteiger charge is -2.08. The van der Waals surface area contributed by atoms with Crippen LogP contribution in [0, 0.1) is 0 Å². The molecule has 2 aromatic carbocycles. The van der Waals surface area contributed by atoms with Crippen LogP contribution >= 0.6 is 0 Å². The van der Waals surface area contributed by atoms with Gasteiger partial charge >= 0.3 is 0 Å². The molecule has 0 aliphatic rings. The molecule has 19 heavy (non-hydrogen) atoms. The monoisotopic (exact) mass is 253 g/mol. The highest BCUT2D eigenvalue weighted by molar-refractivity contribution is 5.81. The number of aromatic nitrogens is 2. The summed E-state index contributed by atoms with van der Waals surface area (Å²) in [6, 6.07) is 14.2. The highest BCUT2D eigenvalue weighted by Crippen LogP contribution is 2.18. The van der Waals surface area contributed by atoms with Crippen LogP contribution in [0.5, 0.6) is 5.75 Å². The van der Waals surface area contributed by atoms with Gasteiger partial charge in [0.2, 0.25) is 0 Å². The molecule has 0 saturated heterocycles. The zero-order valence-corrected chi connectivity index (χ0v) is 10.7. The molecule has 0 atom stereocenters. The fourth-order valence-corrected chi connectivity index (χ4v) is 2.03. The van der Waals surface area contributed by atoms with Gasteiger partial charge in [-0.3, -0.25) is 5.10 Å². The van der Waals surface area contributed by atoms with E-state index in [4.69, 9.17) is 4.74 Å². The lowest BCUT2D eigenvalue weighted by Crippen LogP contribution is -1.99. The second-order valence-electron chi connectivity index (χ2n) is 4.38. The lowest BCUT2D eigenvalue weighted by molar-refractivity contribution is 0.414. The first kappa shape index (κ1) is 11.6. The number of H-pyrrole nitrogens is 1. The Morgan fingerprint density at radius 2 is 2.16 bits per heavy atom. The third-order valence-electron chi connectivity index (χ3n) is 3.07. The summed E-state index contributed by atoms with van der Waals surface area (Å²) >= 11 is 0. The van der Waals surface area contributed by atoms with Crippen LogP contribution in [0.4, 0.5) is 5.69 Å². The zero-order valence-electron chi connectivity index (χ0n) is 10.7. The fraction of sp³-hybridized carbons (Fsp3) is 0.133. The number of anilines is 1. The average molecular weight is 253 g/mol. The van der Waals surface area contributed by atoms with Crippen molar-refractivity contribution < 1.29 is 4.74 Å². The van der Waals surface area contributed by atoms with E-state index in [1.165, 1.54) is 5.56 Å². The normalized spacial score (nSPS) is 10.6. The number of ether oxygens (including phenoxy) is 1. The Morgan fingerprint density at radius 1 is 1.21 bits per heavy atom. The maximum absolute atomic E-state index is 5.21. The summed E-state index contributed by atoms with van der Waals surface area (Å²) in [5.74, 6) is 0.878. The zero-order chi connectivity index (χ0) is 13.1. The third-order valence-corrected chi connectivity index (χ3v) is 3.07. The molecule has 3 rings (SSSR count). The lowest BCUT2D eigenvalue weighted by atomic mass is 10.2. The van der Waals surface area contributed by atoms with Gasteiger partial charge < -0.3 is 10.1 Å². The first-order chi connectivity index (χ1) is 9.35. The Hall–Kier alpha value is -2.49. The maximum atomic E-state index is 5.21. The van der Waals surface area contributed by atoms with Gasteiger partial charge in [0.1, 0.15) is 5.75 Å². The summed E-state index contributed by atoms with van der Waals surface area (Å²) in [6.07, 6.45) is 1.82. The van der Waals surface area contributed by atoms with Crippen molar-refractivity contribution in [2.45, 2.75) is 6.54 Å². The molecule has 0 fully saturated rings. The van der Waals surface area contributed by atoms with Gasteiger partial charge in [0.05, 0.1) is 18.8 Å². The minimum atomic E-state index is 0.761. The molecule has 0 saturated carbocycles. The topological polar surface area (TPSA) is 49.9 Å². The van der Waals surface area contributed by atoms with Gasteiger partial charge in [-0.1, -0.05) is 12.1 Å².